The molecule has 4 nitrogen and oxygen atoms in total. The summed E-state index contributed by atoms with van der Waals surface area (Å²) in [5.41, 5.74) is 0.401. The Bertz CT molecular complexity index is 637. The maximum Gasteiger partial charge on any atom is 0.270 e. The van der Waals surface area contributed by atoms with Gasteiger partial charge in [-0.3, -0.25) is 9.78 Å². The largest absolute Gasteiger partial charge is 0.387 e. The Kier molecular flexibility index (Phi) is 4.72. The van der Waals surface area contributed by atoms with Crippen molar-refractivity contribution in [2.75, 3.05) is 0 Å². The Balaban J connectivity index is 1.88. The summed E-state index contributed by atoms with van der Waals surface area (Å²) in [5, 5.41) is 14.2. The molecular weight excluding hydrogens is 288 g/mol. The van der Waals surface area contributed by atoms with Gasteiger partial charge in [-0.1, -0.05) is 55.7 Å². The highest BCUT2D eigenvalue weighted by molar-refractivity contribution is 5.92. The van der Waals surface area contributed by atoms with Crippen LogP contribution in [0.1, 0.15) is 54.2 Å². The maximum atomic E-state index is 12.5. The van der Waals surface area contributed by atoms with Gasteiger partial charge in [0.2, 0.25) is 0 Å². The molecule has 0 saturated heterocycles. The van der Waals surface area contributed by atoms with Gasteiger partial charge in [-0.2, -0.15) is 0 Å². The lowest BCUT2D eigenvalue weighted by Gasteiger charge is -2.39. The molecule has 4 heteroatoms. The predicted octanol–water partition coefficient (Wildman–Crippen LogP) is 3.25. The first-order valence-electron chi connectivity index (χ1n) is 8.18. The van der Waals surface area contributed by atoms with E-state index in [4.69, 9.17) is 0 Å². The molecule has 1 atom stereocenters. The van der Waals surface area contributed by atoms with E-state index in [-0.39, 0.29) is 5.91 Å². The molecule has 0 aliphatic heterocycles. The number of aliphatic hydroxyl groups is 1. The maximum absolute atomic E-state index is 12.5. The standard InChI is InChI=1S/C19H22N2O2/c22-18(16-11-5-8-14-20-16)21-17(15-9-3-1-4-10-15)19(23)12-6-2-7-13-19/h1,3-5,8-11,14,17,23H,2,6-7,12-13H2,(H,21,22). The van der Waals surface area contributed by atoms with Crippen molar-refractivity contribution in [1.29, 1.82) is 0 Å². The molecule has 1 unspecified atom stereocenters. The highest BCUT2D eigenvalue weighted by atomic mass is 16.3. The number of carbonyl (C=O) groups is 1. The first-order chi connectivity index (χ1) is 11.2. The van der Waals surface area contributed by atoms with E-state index in [1.165, 1.54) is 0 Å². The number of aromatic nitrogens is 1. The van der Waals surface area contributed by atoms with Gasteiger partial charge in [0, 0.05) is 6.20 Å². The Morgan fingerprint density at radius 1 is 1.04 bits per heavy atom. The van der Waals surface area contributed by atoms with E-state index in [0.717, 1.165) is 24.8 Å². The minimum absolute atomic E-state index is 0.251. The third-order valence-electron chi connectivity index (χ3n) is 4.56. The second kappa shape index (κ2) is 6.92. The van der Waals surface area contributed by atoms with Crippen LogP contribution >= 0.6 is 0 Å². The van der Waals surface area contributed by atoms with Gasteiger partial charge in [-0.25, -0.2) is 0 Å². The van der Waals surface area contributed by atoms with E-state index in [1.54, 1.807) is 24.4 Å². The first kappa shape index (κ1) is 15.7. The zero-order chi connectivity index (χ0) is 16.1. The van der Waals surface area contributed by atoms with Crippen molar-refractivity contribution in [2.45, 2.75) is 43.7 Å². The van der Waals surface area contributed by atoms with Crippen LogP contribution < -0.4 is 5.32 Å². The van der Waals surface area contributed by atoms with Gasteiger partial charge in [-0.05, 0) is 30.5 Å². The third kappa shape index (κ3) is 3.59. The van der Waals surface area contributed by atoms with Crippen LogP contribution in [0, 0.1) is 0 Å². The molecule has 0 radical (unpaired) electrons. The van der Waals surface area contributed by atoms with Gasteiger partial charge in [-0.15, -0.1) is 0 Å². The summed E-state index contributed by atoms with van der Waals surface area (Å²) in [6.07, 6.45) is 6.11. The summed E-state index contributed by atoms with van der Waals surface area (Å²) in [5.74, 6) is -0.251. The van der Waals surface area contributed by atoms with Crippen LogP contribution in [0.5, 0.6) is 0 Å². The van der Waals surface area contributed by atoms with E-state index >= 15 is 0 Å². The van der Waals surface area contributed by atoms with Gasteiger partial charge in [0.1, 0.15) is 5.69 Å². The van der Waals surface area contributed by atoms with Crippen LogP contribution in [-0.2, 0) is 0 Å². The van der Waals surface area contributed by atoms with Gasteiger partial charge < -0.3 is 10.4 Å². The number of benzene rings is 1. The molecule has 2 aromatic rings. The molecule has 0 bridgehead atoms. The van der Waals surface area contributed by atoms with Gasteiger partial charge in [0.15, 0.2) is 0 Å². The highest BCUT2D eigenvalue weighted by Gasteiger charge is 2.39. The predicted molar refractivity (Wildman–Crippen MR) is 88.9 cm³/mol. The van der Waals surface area contributed by atoms with E-state index in [2.05, 4.69) is 10.3 Å². The fourth-order valence-corrected chi connectivity index (χ4v) is 3.33. The number of nitrogens with zero attached hydrogens (tertiary/aromatic N) is 1. The average molecular weight is 310 g/mol. The number of amides is 1. The molecule has 1 saturated carbocycles. The van der Waals surface area contributed by atoms with Crippen LogP contribution in [-0.4, -0.2) is 21.6 Å². The number of hydrogen-bond acceptors (Lipinski definition) is 3. The van der Waals surface area contributed by atoms with Crippen LogP contribution in [0.25, 0.3) is 0 Å². The molecule has 1 aromatic heterocycles. The van der Waals surface area contributed by atoms with E-state index in [9.17, 15) is 9.90 Å². The molecule has 120 valence electrons. The van der Waals surface area contributed by atoms with E-state index in [1.807, 2.05) is 30.3 Å². The first-order valence-corrected chi connectivity index (χ1v) is 8.18. The van der Waals surface area contributed by atoms with Crippen LogP contribution in [0.3, 0.4) is 0 Å². The molecule has 0 spiro atoms. The normalized spacial score (nSPS) is 18.1. The number of carbonyl (C=O) groups excluding carboxylic acids is 1. The van der Waals surface area contributed by atoms with Crippen molar-refractivity contribution < 1.29 is 9.90 Å². The smallest absolute Gasteiger partial charge is 0.270 e. The zero-order valence-corrected chi connectivity index (χ0v) is 13.1. The lowest BCUT2D eigenvalue weighted by atomic mass is 9.77. The zero-order valence-electron chi connectivity index (χ0n) is 13.1. The topological polar surface area (TPSA) is 62.2 Å². The molecule has 2 N–H and O–H groups in total. The van der Waals surface area contributed by atoms with Crippen molar-refractivity contribution in [3.8, 4) is 0 Å². The lowest BCUT2D eigenvalue weighted by molar-refractivity contribution is -0.0299. The molecule has 1 amide bonds. The van der Waals surface area contributed by atoms with Gasteiger partial charge in [0.25, 0.3) is 5.91 Å². The second-order valence-electron chi connectivity index (χ2n) is 6.20. The molecule has 1 fully saturated rings. The summed E-state index contributed by atoms with van der Waals surface area (Å²) in [7, 11) is 0. The molecule has 1 aromatic carbocycles. The Morgan fingerprint density at radius 2 is 1.74 bits per heavy atom. The molecule has 3 rings (SSSR count). The fraction of sp³-hybridized carbons (Fsp3) is 0.368. The molecular formula is C19H22N2O2. The minimum Gasteiger partial charge on any atom is -0.387 e. The second-order valence-corrected chi connectivity index (χ2v) is 6.20. The lowest BCUT2D eigenvalue weighted by Crippen LogP contribution is -2.47. The Labute approximate surface area is 136 Å². The number of pyridine rings is 1. The van der Waals surface area contributed by atoms with Gasteiger partial charge >= 0.3 is 0 Å². The number of nitrogens with one attached hydrogen (secondary N) is 1. The number of hydrogen-bond donors (Lipinski definition) is 2. The van der Waals surface area contributed by atoms with Crippen molar-refractivity contribution in [2.24, 2.45) is 0 Å². The minimum atomic E-state index is -0.899. The molecule has 1 aliphatic rings. The summed E-state index contributed by atoms with van der Waals surface area (Å²) < 4.78 is 0. The summed E-state index contributed by atoms with van der Waals surface area (Å²) in [6.45, 7) is 0. The Morgan fingerprint density at radius 3 is 2.39 bits per heavy atom. The van der Waals surface area contributed by atoms with Crippen molar-refractivity contribution in [3.63, 3.8) is 0 Å². The molecule has 1 heterocycles. The van der Waals surface area contributed by atoms with Crippen LogP contribution in [0.15, 0.2) is 54.7 Å². The molecule has 1 aliphatic carbocycles. The van der Waals surface area contributed by atoms with E-state index in [0.29, 0.717) is 18.5 Å². The number of rotatable bonds is 4. The third-order valence-corrected chi connectivity index (χ3v) is 4.56. The average Bonchev–Trinajstić information content (AvgIpc) is 2.61. The van der Waals surface area contributed by atoms with Crippen LogP contribution in [0.2, 0.25) is 0 Å². The summed E-state index contributed by atoms with van der Waals surface area (Å²) in [6, 6.07) is 14.5. The van der Waals surface area contributed by atoms with Crippen LogP contribution in [0.4, 0.5) is 0 Å². The summed E-state index contributed by atoms with van der Waals surface area (Å²) >= 11 is 0. The monoisotopic (exact) mass is 310 g/mol. The summed E-state index contributed by atoms with van der Waals surface area (Å²) in [4.78, 5) is 16.6. The van der Waals surface area contributed by atoms with Crippen molar-refractivity contribution in [3.05, 3.63) is 66.0 Å². The van der Waals surface area contributed by atoms with E-state index < -0.39 is 11.6 Å². The SMILES string of the molecule is O=C(NC(c1ccccc1)C1(O)CCCCC1)c1ccccn1. The quantitative estimate of drug-likeness (QED) is 0.911. The molecule has 23 heavy (non-hydrogen) atoms. The van der Waals surface area contributed by atoms with Crippen molar-refractivity contribution >= 4 is 5.91 Å². The fourth-order valence-electron chi connectivity index (χ4n) is 3.33. The van der Waals surface area contributed by atoms with Gasteiger partial charge in [0.05, 0.1) is 11.6 Å². The highest BCUT2D eigenvalue weighted by Crippen LogP contribution is 2.38. The Hall–Kier alpha value is -2.20. The van der Waals surface area contributed by atoms with Crippen molar-refractivity contribution in [1.82, 2.24) is 10.3 Å².